The van der Waals surface area contributed by atoms with E-state index in [2.05, 4.69) is 18.8 Å². The maximum Gasteiger partial charge on any atom is 0.278 e. The molecule has 0 radical (unpaired) electrons. The highest BCUT2D eigenvalue weighted by molar-refractivity contribution is 6.35. The van der Waals surface area contributed by atoms with Crippen LogP contribution < -0.4 is 4.74 Å². The molecule has 2 amide bonds. The van der Waals surface area contributed by atoms with Crippen LogP contribution in [0, 0.1) is 11.8 Å². The lowest BCUT2D eigenvalue weighted by Crippen LogP contribution is -2.40. The second-order valence-electron chi connectivity index (χ2n) is 9.15. The van der Waals surface area contributed by atoms with Gasteiger partial charge < -0.3 is 14.7 Å². The smallest absolute Gasteiger partial charge is 0.278 e. The summed E-state index contributed by atoms with van der Waals surface area (Å²) in [4.78, 5) is 34.5. The van der Waals surface area contributed by atoms with Crippen LogP contribution in [-0.4, -0.2) is 58.0 Å². The van der Waals surface area contributed by atoms with Gasteiger partial charge >= 0.3 is 0 Å². The Labute approximate surface area is 194 Å². The van der Waals surface area contributed by atoms with Gasteiger partial charge in [-0.05, 0) is 54.0 Å². The van der Waals surface area contributed by atoms with E-state index in [1.54, 1.807) is 18.5 Å². The van der Waals surface area contributed by atoms with Crippen molar-refractivity contribution in [2.24, 2.45) is 11.8 Å². The van der Waals surface area contributed by atoms with E-state index >= 15 is 0 Å². The van der Waals surface area contributed by atoms with Gasteiger partial charge in [0.1, 0.15) is 11.4 Å². The van der Waals surface area contributed by atoms with Crippen LogP contribution in [0.1, 0.15) is 37.8 Å². The molecule has 4 rings (SSSR count). The van der Waals surface area contributed by atoms with Gasteiger partial charge in [-0.3, -0.25) is 19.5 Å². The zero-order valence-electron chi connectivity index (χ0n) is 19.2. The number of imide groups is 1. The summed E-state index contributed by atoms with van der Waals surface area (Å²) in [5, 5.41) is 9.69. The first-order chi connectivity index (χ1) is 16.0. The molecule has 1 N–H and O–H groups in total. The largest absolute Gasteiger partial charge is 0.493 e. The SMILES string of the molecule is CC(C)COc1ccc(C2=C(N3CCCC(CO)C3)C(=O)N(Cc3cccnc3)C2=O)cc1. The Bertz CT molecular complexity index is 1020. The predicted molar refractivity (Wildman–Crippen MR) is 125 cm³/mol. The fraction of sp³-hybridized carbons (Fsp3) is 0.423. The molecule has 1 aromatic carbocycles. The van der Waals surface area contributed by atoms with Crippen LogP contribution in [0.2, 0.25) is 0 Å². The summed E-state index contributed by atoms with van der Waals surface area (Å²) in [7, 11) is 0. The van der Waals surface area contributed by atoms with Gasteiger partial charge in [0.15, 0.2) is 0 Å². The minimum atomic E-state index is -0.305. The number of aromatic nitrogens is 1. The first-order valence-electron chi connectivity index (χ1n) is 11.6. The summed E-state index contributed by atoms with van der Waals surface area (Å²) < 4.78 is 5.78. The molecule has 1 atom stereocenters. The molecular formula is C26H31N3O4. The van der Waals surface area contributed by atoms with Crippen molar-refractivity contribution in [2.75, 3.05) is 26.3 Å². The molecule has 1 unspecified atom stereocenters. The van der Waals surface area contributed by atoms with Gasteiger partial charge in [-0.15, -0.1) is 0 Å². The van der Waals surface area contributed by atoms with Crippen LogP contribution in [0.15, 0.2) is 54.5 Å². The number of aliphatic hydroxyl groups is 1. The number of benzene rings is 1. The van der Waals surface area contributed by atoms with Crippen LogP contribution in [0.3, 0.4) is 0 Å². The topological polar surface area (TPSA) is 83.0 Å². The van der Waals surface area contributed by atoms with Crippen molar-refractivity contribution in [2.45, 2.75) is 33.2 Å². The molecule has 2 aliphatic heterocycles. The predicted octanol–water partition coefficient (Wildman–Crippen LogP) is 3.10. The third-order valence-corrected chi connectivity index (χ3v) is 6.03. The van der Waals surface area contributed by atoms with Crippen LogP contribution in [-0.2, 0) is 16.1 Å². The molecule has 0 saturated carbocycles. The minimum Gasteiger partial charge on any atom is -0.493 e. The molecule has 7 nitrogen and oxygen atoms in total. The van der Waals surface area contributed by atoms with Gasteiger partial charge in [-0.25, -0.2) is 0 Å². The van der Waals surface area contributed by atoms with Crippen LogP contribution >= 0.6 is 0 Å². The number of nitrogens with zero attached hydrogens (tertiary/aromatic N) is 3. The zero-order valence-corrected chi connectivity index (χ0v) is 19.2. The highest BCUT2D eigenvalue weighted by Gasteiger charge is 2.42. The first-order valence-corrected chi connectivity index (χ1v) is 11.6. The summed E-state index contributed by atoms with van der Waals surface area (Å²) >= 11 is 0. The van der Waals surface area contributed by atoms with Gasteiger partial charge in [-0.1, -0.05) is 32.0 Å². The quantitative estimate of drug-likeness (QED) is 0.624. The molecule has 1 saturated heterocycles. The van der Waals surface area contributed by atoms with E-state index in [4.69, 9.17) is 4.74 Å². The number of likely N-dealkylation sites (tertiary alicyclic amines) is 1. The first kappa shape index (κ1) is 23.0. The number of aliphatic hydroxyl groups excluding tert-OH is 1. The van der Waals surface area contributed by atoms with E-state index in [-0.39, 0.29) is 30.9 Å². The molecule has 0 bridgehead atoms. The number of piperidine rings is 1. The molecule has 1 aromatic heterocycles. The monoisotopic (exact) mass is 449 g/mol. The number of hydrogen-bond acceptors (Lipinski definition) is 6. The van der Waals surface area contributed by atoms with E-state index in [9.17, 15) is 14.7 Å². The van der Waals surface area contributed by atoms with Crippen molar-refractivity contribution in [3.63, 3.8) is 0 Å². The normalized spacial score (nSPS) is 19.1. The molecule has 0 aliphatic carbocycles. The third-order valence-electron chi connectivity index (χ3n) is 6.03. The highest BCUT2D eigenvalue weighted by atomic mass is 16.5. The Morgan fingerprint density at radius 2 is 1.94 bits per heavy atom. The summed E-state index contributed by atoms with van der Waals surface area (Å²) in [5.41, 5.74) is 2.33. The van der Waals surface area contributed by atoms with Crippen LogP contribution in [0.5, 0.6) is 5.75 Å². The molecular weight excluding hydrogens is 418 g/mol. The average molecular weight is 450 g/mol. The lowest BCUT2D eigenvalue weighted by Gasteiger charge is -2.34. The molecule has 7 heteroatoms. The van der Waals surface area contributed by atoms with E-state index in [1.807, 2.05) is 35.2 Å². The Balaban J connectivity index is 1.67. The van der Waals surface area contributed by atoms with Crippen molar-refractivity contribution in [1.29, 1.82) is 0 Å². The maximum atomic E-state index is 13.5. The Morgan fingerprint density at radius 1 is 1.15 bits per heavy atom. The van der Waals surface area contributed by atoms with Crippen molar-refractivity contribution in [1.82, 2.24) is 14.8 Å². The second-order valence-corrected chi connectivity index (χ2v) is 9.15. The van der Waals surface area contributed by atoms with Gasteiger partial charge in [-0.2, -0.15) is 0 Å². The standard InChI is InChI=1S/C26H31N3O4/c1-18(2)17-33-22-9-7-21(8-10-22)23-24(28-12-4-6-20(14-28)16-30)26(32)29(25(23)31)15-19-5-3-11-27-13-19/h3,5,7-11,13,18,20,30H,4,6,12,14-17H2,1-2H3. The van der Waals surface area contributed by atoms with Gasteiger partial charge in [0.05, 0.1) is 18.7 Å². The Morgan fingerprint density at radius 3 is 2.61 bits per heavy atom. The number of carbonyl (C=O) groups is 2. The van der Waals surface area contributed by atoms with E-state index in [1.165, 1.54) is 4.90 Å². The number of rotatable bonds is 8. The highest BCUT2D eigenvalue weighted by Crippen LogP contribution is 2.35. The van der Waals surface area contributed by atoms with Gasteiger partial charge in [0.25, 0.3) is 11.8 Å². The summed E-state index contributed by atoms with van der Waals surface area (Å²) in [6.45, 7) is 6.27. The van der Waals surface area contributed by atoms with Crippen LogP contribution in [0.25, 0.3) is 5.57 Å². The second kappa shape index (κ2) is 10.2. The third kappa shape index (κ3) is 5.09. The van der Waals surface area contributed by atoms with E-state index in [0.29, 0.717) is 42.4 Å². The Hall–Kier alpha value is -3.19. The molecule has 2 aromatic rings. The molecule has 174 valence electrons. The maximum absolute atomic E-state index is 13.5. The molecule has 3 heterocycles. The number of amides is 2. The molecule has 1 fully saturated rings. The van der Waals surface area contributed by atoms with Crippen molar-refractivity contribution in [3.05, 3.63) is 65.6 Å². The summed E-state index contributed by atoms with van der Waals surface area (Å²) in [6.07, 6.45) is 5.12. The number of hydrogen-bond donors (Lipinski definition) is 1. The molecule has 33 heavy (non-hydrogen) atoms. The summed E-state index contributed by atoms with van der Waals surface area (Å²) in [5.74, 6) is 0.637. The zero-order chi connectivity index (χ0) is 23.4. The number of ether oxygens (including phenoxy) is 1. The van der Waals surface area contributed by atoms with Crippen molar-refractivity contribution in [3.8, 4) is 5.75 Å². The number of carbonyl (C=O) groups excluding carboxylic acids is 2. The fourth-order valence-electron chi connectivity index (χ4n) is 4.33. The van der Waals surface area contributed by atoms with Gasteiger partial charge in [0, 0.05) is 32.1 Å². The fourth-order valence-corrected chi connectivity index (χ4v) is 4.33. The lowest BCUT2D eigenvalue weighted by atomic mass is 9.97. The summed E-state index contributed by atoms with van der Waals surface area (Å²) in [6, 6.07) is 11.0. The van der Waals surface area contributed by atoms with E-state index in [0.717, 1.165) is 24.2 Å². The number of pyridine rings is 1. The molecule has 0 spiro atoms. The lowest BCUT2D eigenvalue weighted by molar-refractivity contribution is -0.138. The molecule has 2 aliphatic rings. The van der Waals surface area contributed by atoms with E-state index < -0.39 is 0 Å². The van der Waals surface area contributed by atoms with Crippen molar-refractivity contribution >= 4 is 17.4 Å². The van der Waals surface area contributed by atoms with Crippen LogP contribution in [0.4, 0.5) is 0 Å². The van der Waals surface area contributed by atoms with Crippen molar-refractivity contribution < 1.29 is 19.4 Å². The average Bonchev–Trinajstić information content (AvgIpc) is 3.08. The Kier molecular flexibility index (Phi) is 7.08. The van der Waals surface area contributed by atoms with Gasteiger partial charge in [0.2, 0.25) is 0 Å². The minimum absolute atomic E-state index is 0.0720.